The van der Waals surface area contributed by atoms with Crippen LogP contribution in [-0.4, -0.2) is 21.2 Å². The van der Waals surface area contributed by atoms with Crippen molar-refractivity contribution in [3.8, 4) is 0 Å². The van der Waals surface area contributed by atoms with E-state index < -0.39 is 19.0 Å². The third-order valence-corrected chi connectivity index (χ3v) is 1.85. The Morgan fingerprint density at radius 3 is 1.67 bits per heavy atom. The summed E-state index contributed by atoms with van der Waals surface area (Å²) in [5, 5.41) is -1.02. The van der Waals surface area contributed by atoms with Crippen molar-refractivity contribution in [2.75, 3.05) is 6.16 Å². The summed E-state index contributed by atoms with van der Waals surface area (Å²) in [4.78, 5) is 25.7. The van der Waals surface area contributed by atoms with Crippen molar-refractivity contribution >= 4 is 24.4 Å². The fraction of sp³-hybridized carbons (Fsp3) is 0.833. The van der Waals surface area contributed by atoms with E-state index in [1.165, 1.54) is 12.8 Å². The van der Waals surface area contributed by atoms with Gasteiger partial charge in [0.25, 0.3) is 0 Å². The summed E-state index contributed by atoms with van der Waals surface area (Å²) < 4.78 is 9.83. The zero-order chi connectivity index (χ0) is 10.2. The maximum Gasteiger partial charge on any atom is 0.334 e. The van der Waals surface area contributed by atoms with Crippen molar-refractivity contribution in [1.82, 2.24) is 0 Å². The highest BCUT2D eigenvalue weighted by molar-refractivity contribution is 7.53. The lowest BCUT2D eigenvalue weighted by atomic mass is 10.4. The fourth-order valence-electron chi connectivity index (χ4n) is 0.162. The second-order valence-electron chi connectivity index (χ2n) is 2.18. The Morgan fingerprint density at radius 2 is 1.67 bits per heavy atom. The normalized spacial score (nSPS) is 10.1. The maximum absolute atomic E-state index is 9.83. The quantitative estimate of drug-likeness (QED) is 0.557. The SMILES string of the molecule is CCCC.O=C(Cl)CP(=O)(O)O. The molecule has 0 aromatic carbocycles. The number of rotatable bonds is 3. The Bertz CT molecular complexity index is 163. The number of unbranched alkanes of at least 4 members (excludes halogenated alkanes) is 1. The van der Waals surface area contributed by atoms with E-state index in [4.69, 9.17) is 9.79 Å². The summed E-state index contributed by atoms with van der Waals surface area (Å²) in [6.45, 7) is 4.36. The number of carbonyl (C=O) groups excluding carboxylic acids is 1. The van der Waals surface area contributed by atoms with Crippen LogP contribution in [0.5, 0.6) is 0 Å². The molecule has 0 rings (SSSR count). The van der Waals surface area contributed by atoms with E-state index in [-0.39, 0.29) is 0 Å². The van der Waals surface area contributed by atoms with E-state index in [0.717, 1.165) is 0 Å². The largest absolute Gasteiger partial charge is 0.334 e. The van der Waals surface area contributed by atoms with E-state index in [2.05, 4.69) is 25.4 Å². The van der Waals surface area contributed by atoms with Gasteiger partial charge in [-0.3, -0.25) is 9.36 Å². The average Bonchev–Trinajstić information content (AvgIpc) is 1.83. The van der Waals surface area contributed by atoms with Gasteiger partial charge in [-0.2, -0.15) is 0 Å². The molecule has 74 valence electrons. The Labute approximate surface area is 77.1 Å². The van der Waals surface area contributed by atoms with Gasteiger partial charge in [-0.05, 0) is 11.6 Å². The molecule has 0 saturated heterocycles. The van der Waals surface area contributed by atoms with Gasteiger partial charge < -0.3 is 9.79 Å². The predicted octanol–water partition coefficient (Wildman–Crippen LogP) is 1.74. The monoisotopic (exact) mass is 216 g/mol. The Morgan fingerprint density at radius 1 is 1.33 bits per heavy atom. The first-order valence-electron chi connectivity index (χ1n) is 3.56. The summed E-state index contributed by atoms with van der Waals surface area (Å²) in [7, 11) is -4.20. The third kappa shape index (κ3) is 22.5. The lowest BCUT2D eigenvalue weighted by Gasteiger charge is -1.94. The first kappa shape index (κ1) is 14.6. The molecule has 0 aliphatic rings. The molecule has 0 radical (unpaired) electrons. The zero-order valence-electron chi connectivity index (χ0n) is 7.16. The molecule has 4 nitrogen and oxygen atoms in total. The maximum atomic E-state index is 9.83. The third-order valence-electron chi connectivity index (χ3n) is 0.830. The molecule has 6 heteroatoms. The van der Waals surface area contributed by atoms with E-state index in [1.807, 2.05) is 0 Å². The van der Waals surface area contributed by atoms with Gasteiger partial charge in [0.1, 0.15) is 6.16 Å². The van der Waals surface area contributed by atoms with Crippen LogP contribution in [0.15, 0.2) is 0 Å². The van der Waals surface area contributed by atoms with Gasteiger partial charge in [-0.15, -0.1) is 0 Å². The summed E-state index contributed by atoms with van der Waals surface area (Å²) in [6, 6.07) is 0. The van der Waals surface area contributed by atoms with Crippen LogP contribution in [0, 0.1) is 0 Å². The highest BCUT2D eigenvalue weighted by Crippen LogP contribution is 2.34. The number of carbonyl (C=O) groups is 1. The van der Waals surface area contributed by atoms with E-state index in [9.17, 15) is 9.36 Å². The Hall–Kier alpha value is 0.110. The van der Waals surface area contributed by atoms with Crippen LogP contribution in [0.4, 0.5) is 0 Å². The molecule has 0 aromatic heterocycles. The highest BCUT2D eigenvalue weighted by atomic mass is 35.5. The molecular formula is C6H14ClO4P. The Kier molecular flexibility index (Phi) is 9.44. The molecule has 0 saturated carbocycles. The molecule has 0 aliphatic heterocycles. The lowest BCUT2D eigenvalue weighted by molar-refractivity contribution is -0.109. The smallest absolute Gasteiger partial charge is 0.324 e. The van der Waals surface area contributed by atoms with Crippen LogP contribution in [0.25, 0.3) is 0 Å². The molecule has 12 heavy (non-hydrogen) atoms. The van der Waals surface area contributed by atoms with Crippen LogP contribution in [0.3, 0.4) is 0 Å². The van der Waals surface area contributed by atoms with Crippen LogP contribution < -0.4 is 0 Å². The number of hydrogen-bond donors (Lipinski definition) is 2. The van der Waals surface area contributed by atoms with Crippen molar-refractivity contribution in [3.05, 3.63) is 0 Å². The van der Waals surface area contributed by atoms with Crippen molar-refractivity contribution in [2.45, 2.75) is 26.7 Å². The highest BCUT2D eigenvalue weighted by Gasteiger charge is 2.16. The molecular weight excluding hydrogens is 202 g/mol. The number of halogens is 1. The standard InChI is InChI=1S/C4H10.C2H4ClO4P/c1-3-4-2;3-2(4)1-8(5,6)7/h3-4H2,1-2H3;1H2,(H2,5,6,7). The van der Waals surface area contributed by atoms with E-state index in [1.54, 1.807) is 0 Å². The Balaban J connectivity index is 0. The van der Waals surface area contributed by atoms with Gasteiger partial charge in [0.05, 0.1) is 0 Å². The van der Waals surface area contributed by atoms with Gasteiger partial charge in [0, 0.05) is 0 Å². The van der Waals surface area contributed by atoms with Gasteiger partial charge >= 0.3 is 7.60 Å². The molecule has 0 aromatic rings. The van der Waals surface area contributed by atoms with E-state index in [0.29, 0.717) is 0 Å². The topological polar surface area (TPSA) is 74.6 Å². The molecule has 0 atom stereocenters. The van der Waals surface area contributed by atoms with Gasteiger partial charge in [0.2, 0.25) is 5.24 Å². The minimum atomic E-state index is -4.20. The number of hydrogen-bond acceptors (Lipinski definition) is 2. The molecule has 0 unspecified atom stereocenters. The summed E-state index contributed by atoms with van der Waals surface area (Å²) >= 11 is 4.63. The first-order chi connectivity index (χ1) is 5.33. The average molecular weight is 217 g/mol. The molecule has 0 heterocycles. The van der Waals surface area contributed by atoms with Gasteiger partial charge in [0.15, 0.2) is 0 Å². The second-order valence-corrected chi connectivity index (χ2v) is 4.25. The lowest BCUT2D eigenvalue weighted by Crippen LogP contribution is -1.95. The van der Waals surface area contributed by atoms with Crippen LogP contribution in [0.1, 0.15) is 26.7 Å². The fourth-order valence-corrected chi connectivity index (χ4v) is 0.953. The minimum Gasteiger partial charge on any atom is -0.324 e. The molecule has 0 fully saturated rings. The first-order valence-corrected chi connectivity index (χ1v) is 5.74. The second kappa shape index (κ2) is 7.74. The minimum absolute atomic E-state index is 0.880. The molecule has 0 bridgehead atoms. The summed E-state index contributed by atoms with van der Waals surface area (Å²) in [6.07, 6.45) is 1.76. The van der Waals surface area contributed by atoms with Gasteiger partial charge in [-0.1, -0.05) is 26.7 Å². The van der Waals surface area contributed by atoms with Crippen LogP contribution in [0.2, 0.25) is 0 Å². The molecule has 0 aliphatic carbocycles. The van der Waals surface area contributed by atoms with Crippen molar-refractivity contribution in [2.24, 2.45) is 0 Å². The summed E-state index contributed by atoms with van der Waals surface area (Å²) in [5.41, 5.74) is 0. The van der Waals surface area contributed by atoms with E-state index >= 15 is 0 Å². The predicted molar refractivity (Wildman–Crippen MR) is 48.4 cm³/mol. The molecule has 0 amide bonds. The van der Waals surface area contributed by atoms with Crippen LogP contribution in [-0.2, 0) is 9.36 Å². The zero-order valence-corrected chi connectivity index (χ0v) is 8.81. The summed E-state index contributed by atoms with van der Waals surface area (Å²) in [5.74, 6) is 0. The van der Waals surface area contributed by atoms with Crippen molar-refractivity contribution < 1.29 is 19.1 Å². The molecule has 0 spiro atoms. The van der Waals surface area contributed by atoms with Crippen molar-refractivity contribution in [3.63, 3.8) is 0 Å². The van der Waals surface area contributed by atoms with Crippen molar-refractivity contribution in [1.29, 1.82) is 0 Å². The molecule has 2 N–H and O–H groups in total. The van der Waals surface area contributed by atoms with Crippen LogP contribution >= 0.6 is 19.2 Å². The van der Waals surface area contributed by atoms with Gasteiger partial charge in [-0.25, -0.2) is 0 Å².